The quantitative estimate of drug-likeness (QED) is 0.740. The fraction of sp³-hybridized carbons (Fsp3) is 0.600. The minimum atomic E-state index is 0.608. The van der Waals surface area contributed by atoms with Gasteiger partial charge in [-0.2, -0.15) is 0 Å². The SMILES string of the molecule is CC(C)c1ccc(C(C)C)c(CN(C)C)c1. The average molecular weight is 219 g/mol. The lowest BCUT2D eigenvalue weighted by Crippen LogP contribution is -2.13. The summed E-state index contributed by atoms with van der Waals surface area (Å²) in [7, 11) is 4.26. The lowest BCUT2D eigenvalue weighted by molar-refractivity contribution is 0.400. The Balaban J connectivity index is 3.10. The van der Waals surface area contributed by atoms with Crippen molar-refractivity contribution in [1.29, 1.82) is 0 Å². The molecule has 0 aromatic heterocycles. The zero-order valence-corrected chi connectivity index (χ0v) is 11.5. The first kappa shape index (κ1) is 13.2. The van der Waals surface area contributed by atoms with Gasteiger partial charge in [0.1, 0.15) is 0 Å². The summed E-state index contributed by atoms with van der Waals surface area (Å²) in [6, 6.07) is 6.96. The molecule has 0 radical (unpaired) electrons. The van der Waals surface area contributed by atoms with Crippen LogP contribution in [0.15, 0.2) is 18.2 Å². The molecule has 90 valence electrons. The van der Waals surface area contributed by atoms with E-state index >= 15 is 0 Å². The third kappa shape index (κ3) is 3.34. The molecule has 0 aliphatic carbocycles. The van der Waals surface area contributed by atoms with Crippen LogP contribution in [0.1, 0.15) is 56.2 Å². The number of benzene rings is 1. The first-order valence-corrected chi connectivity index (χ1v) is 6.19. The van der Waals surface area contributed by atoms with E-state index in [1.54, 1.807) is 0 Å². The maximum absolute atomic E-state index is 2.38. The van der Waals surface area contributed by atoms with Crippen LogP contribution in [-0.4, -0.2) is 19.0 Å². The summed E-state index contributed by atoms with van der Waals surface area (Å²) in [5, 5.41) is 0. The van der Waals surface area contributed by atoms with Gasteiger partial charge in [-0.1, -0.05) is 45.9 Å². The van der Waals surface area contributed by atoms with Gasteiger partial charge in [0.2, 0.25) is 0 Å². The van der Waals surface area contributed by atoms with Crippen molar-refractivity contribution in [2.75, 3.05) is 14.1 Å². The van der Waals surface area contributed by atoms with E-state index < -0.39 is 0 Å². The van der Waals surface area contributed by atoms with Gasteiger partial charge in [-0.25, -0.2) is 0 Å². The second-order valence-corrected chi connectivity index (χ2v) is 5.51. The van der Waals surface area contributed by atoms with Crippen molar-refractivity contribution >= 4 is 0 Å². The van der Waals surface area contributed by atoms with Crippen LogP contribution in [0.4, 0.5) is 0 Å². The van der Waals surface area contributed by atoms with Gasteiger partial charge < -0.3 is 4.90 Å². The summed E-state index contributed by atoms with van der Waals surface area (Å²) in [4.78, 5) is 2.24. The minimum absolute atomic E-state index is 0.608. The second-order valence-electron chi connectivity index (χ2n) is 5.51. The Morgan fingerprint density at radius 2 is 1.62 bits per heavy atom. The fourth-order valence-electron chi connectivity index (χ4n) is 2.03. The molecule has 0 unspecified atom stereocenters. The summed E-state index contributed by atoms with van der Waals surface area (Å²) >= 11 is 0. The van der Waals surface area contributed by atoms with Crippen molar-refractivity contribution in [2.24, 2.45) is 0 Å². The highest BCUT2D eigenvalue weighted by Gasteiger charge is 2.09. The highest BCUT2D eigenvalue weighted by molar-refractivity contribution is 5.35. The molecule has 0 spiro atoms. The monoisotopic (exact) mass is 219 g/mol. The molecule has 0 N–H and O–H groups in total. The van der Waals surface area contributed by atoms with Gasteiger partial charge in [0, 0.05) is 6.54 Å². The maximum Gasteiger partial charge on any atom is 0.0230 e. The van der Waals surface area contributed by atoms with Crippen LogP contribution in [0.5, 0.6) is 0 Å². The Hall–Kier alpha value is -0.820. The fourth-order valence-corrected chi connectivity index (χ4v) is 2.03. The molecule has 0 atom stereocenters. The highest BCUT2D eigenvalue weighted by Crippen LogP contribution is 2.25. The molecule has 0 amide bonds. The minimum Gasteiger partial charge on any atom is -0.305 e. The Labute approximate surface area is 100 Å². The molecule has 16 heavy (non-hydrogen) atoms. The Morgan fingerprint density at radius 3 is 2.06 bits per heavy atom. The Morgan fingerprint density at radius 1 is 1.00 bits per heavy atom. The van der Waals surface area contributed by atoms with Crippen LogP contribution in [0, 0.1) is 0 Å². The van der Waals surface area contributed by atoms with E-state index in [0.717, 1.165) is 6.54 Å². The van der Waals surface area contributed by atoms with E-state index in [2.05, 4.69) is 64.9 Å². The van der Waals surface area contributed by atoms with Crippen molar-refractivity contribution < 1.29 is 0 Å². The Kier molecular flexibility index (Phi) is 4.55. The average Bonchev–Trinajstić information content (AvgIpc) is 2.15. The van der Waals surface area contributed by atoms with Crippen molar-refractivity contribution in [2.45, 2.75) is 46.1 Å². The summed E-state index contributed by atoms with van der Waals surface area (Å²) < 4.78 is 0. The van der Waals surface area contributed by atoms with Gasteiger partial charge in [-0.05, 0) is 42.6 Å². The molecule has 0 aliphatic heterocycles. The van der Waals surface area contributed by atoms with Crippen LogP contribution in [0.2, 0.25) is 0 Å². The van der Waals surface area contributed by atoms with Gasteiger partial charge in [0.25, 0.3) is 0 Å². The van der Waals surface area contributed by atoms with Gasteiger partial charge >= 0.3 is 0 Å². The molecular formula is C15H25N. The molecule has 1 aromatic rings. The predicted molar refractivity (Wildman–Crippen MR) is 72.0 cm³/mol. The van der Waals surface area contributed by atoms with E-state index in [1.165, 1.54) is 16.7 Å². The first-order chi connectivity index (χ1) is 7.41. The van der Waals surface area contributed by atoms with Gasteiger partial charge in [0.05, 0.1) is 0 Å². The zero-order valence-electron chi connectivity index (χ0n) is 11.5. The van der Waals surface area contributed by atoms with Crippen LogP contribution in [0.25, 0.3) is 0 Å². The van der Waals surface area contributed by atoms with Gasteiger partial charge in [-0.3, -0.25) is 0 Å². The molecule has 1 heteroatoms. The largest absolute Gasteiger partial charge is 0.305 e. The molecule has 1 nitrogen and oxygen atoms in total. The lowest BCUT2D eigenvalue weighted by atomic mass is 9.92. The molecule has 0 fully saturated rings. The lowest BCUT2D eigenvalue weighted by Gasteiger charge is -2.19. The molecule has 0 saturated heterocycles. The van der Waals surface area contributed by atoms with Crippen molar-refractivity contribution in [3.05, 3.63) is 34.9 Å². The van der Waals surface area contributed by atoms with Crippen molar-refractivity contribution in [1.82, 2.24) is 4.90 Å². The summed E-state index contributed by atoms with van der Waals surface area (Å²) in [6.07, 6.45) is 0. The van der Waals surface area contributed by atoms with Crippen LogP contribution >= 0.6 is 0 Å². The van der Waals surface area contributed by atoms with E-state index in [-0.39, 0.29) is 0 Å². The molecule has 0 saturated carbocycles. The molecule has 1 aromatic carbocycles. The molecule has 0 heterocycles. The highest BCUT2D eigenvalue weighted by atomic mass is 15.0. The van der Waals surface area contributed by atoms with Crippen molar-refractivity contribution in [3.63, 3.8) is 0 Å². The first-order valence-electron chi connectivity index (χ1n) is 6.19. The van der Waals surface area contributed by atoms with Gasteiger partial charge in [-0.15, -0.1) is 0 Å². The third-order valence-electron chi connectivity index (χ3n) is 2.94. The third-order valence-corrected chi connectivity index (χ3v) is 2.94. The summed E-state index contributed by atoms with van der Waals surface area (Å²) in [6.45, 7) is 10.1. The molecule has 0 aliphatic rings. The second kappa shape index (κ2) is 5.49. The molecule has 0 bridgehead atoms. The van der Waals surface area contributed by atoms with E-state index in [1.807, 2.05) is 0 Å². The summed E-state index contributed by atoms with van der Waals surface area (Å²) in [5.74, 6) is 1.22. The standard InChI is InChI=1S/C15H25N/c1-11(2)13-7-8-15(12(3)4)14(9-13)10-16(5)6/h7-9,11-12H,10H2,1-6H3. The van der Waals surface area contributed by atoms with Crippen molar-refractivity contribution in [3.8, 4) is 0 Å². The number of hydrogen-bond acceptors (Lipinski definition) is 1. The Bertz CT molecular complexity index is 337. The maximum atomic E-state index is 2.38. The molecular weight excluding hydrogens is 194 g/mol. The summed E-state index contributed by atoms with van der Waals surface area (Å²) in [5.41, 5.74) is 4.41. The van der Waals surface area contributed by atoms with E-state index in [9.17, 15) is 0 Å². The van der Waals surface area contributed by atoms with E-state index in [4.69, 9.17) is 0 Å². The zero-order chi connectivity index (χ0) is 12.3. The number of hydrogen-bond donors (Lipinski definition) is 0. The smallest absolute Gasteiger partial charge is 0.0230 e. The number of nitrogens with zero attached hydrogens (tertiary/aromatic N) is 1. The predicted octanol–water partition coefficient (Wildman–Crippen LogP) is 4.00. The van der Waals surface area contributed by atoms with Crippen LogP contribution in [-0.2, 0) is 6.54 Å². The number of rotatable bonds is 4. The van der Waals surface area contributed by atoms with Crippen LogP contribution < -0.4 is 0 Å². The normalized spacial score (nSPS) is 11.8. The van der Waals surface area contributed by atoms with Gasteiger partial charge in [0.15, 0.2) is 0 Å². The van der Waals surface area contributed by atoms with E-state index in [0.29, 0.717) is 11.8 Å². The van der Waals surface area contributed by atoms with Crippen LogP contribution in [0.3, 0.4) is 0 Å². The molecule has 1 rings (SSSR count). The topological polar surface area (TPSA) is 3.24 Å².